The summed E-state index contributed by atoms with van der Waals surface area (Å²) in [5, 5.41) is 13.4. The van der Waals surface area contributed by atoms with E-state index in [1.807, 2.05) is 6.92 Å². The lowest BCUT2D eigenvalue weighted by Gasteiger charge is -2.60. The maximum absolute atomic E-state index is 10.2. The van der Waals surface area contributed by atoms with Crippen molar-refractivity contribution in [1.29, 1.82) is 0 Å². The van der Waals surface area contributed by atoms with Crippen molar-refractivity contribution in [2.24, 2.45) is 23.7 Å². The first-order valence-corrected chi connectivity index (χ1v) is 11.1. The third-order valence-electron chi connectivity index (χ3n) is 7.36. The van der Waals surface area contributed by atoms with Crippen LogP contribution in [-0.2, 0) is 24.0 Å². The van der Waals surface area contributed by atoms with E-state index in [0.29, 0.717) is 18.4 Å². The summed E-state index contributed by atoms with van der Waals surface area (Å²) >= 11 is 0. The number of nitrogens with one attached hydrogen (secondary N) is 1. The molecule has 28 heavy (non-hydrogen) atoms. The molecular weight excluding hydrogens is 362 g/mol. The van der Waals surface area contributed by atoms with Gasteiger partial charge in [-0.15, -0.1) is 0 Å². The molecule has 0 aromatic heterocycles. The van der Waals surface area contributed by atoms with Crippen LogP contribution in [0.5, 0.6) is 0 Å². The fourth-order valence-corrected chi connectivity index (χ4v) is 5.77. The summed E-state index contributed by atoms with van der Waals surface area (Å²) in [5.74, 6) is 0.512. The van der Waals surface area contributed by atoms with Crippen LogP contribution < -0.4 is 5.32 Å². The summed E-state index contributed by atoms with van der Waals surface area (Å²) in [5.41, 5.74) is -0.561. The summed E-state index contributed by atoms with van der Waals surface area (Å²) in [6, 6.07) is 0. The van der Waals surface area contributed by atoms with Gasteiger partial charge in [-0.3, -0.25) is 0 Å². The minimum Gasteiger partial charge on any atom is -0.389 e. The standard InChI is InChI=1S/C21H37NO6/c1-5-10-22-11-15(23)12-24-18-14(3)17-7-6-13(2)16-8-9-20(4)26-19(25-18)21(16,17)28-27-20/h13-19,22-23H,5-12H2,1-4H3/t13-,14-,15?,16+,17+,18?,19-,20+,21-/m1/s1. The molecule has 2 bridgehead atoms. The van der Waals surface area contributed by atoms with Gasteiger partial charge in [0.15, 0.2) is 18.2 Å². The van der Waals surface area contributed by atoms with E-state index in [-0.39, 0.29) is 18.4 Å². The molecular formula is C21H37NO6. The summed E-state index contributed by atoms with van der Waals surface area (Å²) in [7, 11) is 0. The molecule has 2 N–H and O–H groups in total. The Morgan fingerprint density at radius 2 is 2.00 bits per heavy atom. The van der Waals surface area contributed by atoms with Gasteiger partial charge in [0, 0.05) is 24.8 Å². The summed E-state index contributed by atoms with van der Waals surface area (Å²) < 4.78 is 18.7. The second-order valence-electron chi connectivity index (χ2n) is 9.46. The quantitative estimate of drug-likeness (QED) is 0.503. The highest BCUT2D eigenvalue weighted by atomic mass is 17.3. The van der Waals surface area contributed by atoms with Crippen LogP contribution in [-0.4, -0.2) is 54.9 Å². The summed E-state index contributed by atoms with van der Waals surface area (Å²) in [4.78, 5) is 12.0. The molecule has 0 aromatic carbocycles. The Morgan fingerprint density at radius 3 is 2.79 bits per heavy atom. The van der Waals surface area contributed by atoms with Gasteiger partial charge in [0.1, 0.15) is 0 Å². The van der Waals surface area contributed by atoms with Gasteiger partial charge in [-0.1, -0.05) is 20.8 Å². The van der Waals surface area contributed by atoms with Gasteiger partial charge in [-0.2, -0.15) is 0 Å². The van der Waals surface area contributed by atoms with Crippen LogP contribution in [0.1, 0.15) is 59.8 Å². The average Bonchev–Trinajstić information content (AvgIpc) is 2.90. The number of aliphatic hydroxyl groups excluding tert-OH is 1. The number of ether oxygens (including phenoxy) is 3. The lowest BCUT2D eigenvalue weighted by molar-refractivity contribution is -0.577. The minimum absolute atomic E-state index is 0.136. The molecule has 1 spiro atoms. The number of hydrogen-bond donors (Lipinski definition) is 2. The predicted molar refractivity (Wildman–Crippen MR) is 102 cm³/mol. The lowest BCUT2D eigenvalue weighted by Crippen LogP contribution is -2.70. The Labute approximate surface area is 168 Å². The Hall–Kier alpha value is -0.280. The highest BCUT2D eigenvalue weighted by molar-refractivity contribution is 5.09. The summed E-state index contributed by atoms with van der Waals surface area (Å²) in [6.45, 7) is 10.2. The van der Waals surface area contributed by atoms with E-state index in [0.717, 1.165) is 32.2 Å². The van der Waals surface area contributed by atoms with Crippen LogP contribution in [0.4, 0.5) is 0 Å². The van der Waals surface area contributed by atoms with Crippen LogP contribution >= 0.6 is 0 Å². The topological polar surface area (TPSA) is 78.4 Å². The number of fused-ring (bicyclic) bond motifs is 2. The Bertz CT molecular complexity index is 549. The predicted octanol–water partition coefficient (Wildman–Crippen LogP) is 2.57. The highest BCUT2D eigenvalue weighted by Crippen LogP contribution is 2.60. The average molecular weight is 400 g/mol. The molecule has 5 rings (SSSR count). The molecule has 162 valence electrons. The van der Waals surface area contributed by atoms with Gasteiger partial charge in [-0.25, -0.2) is 9.78 Å². The molecule has 5 aliphatic rings. The lowest BCUT2D eigenvalue weighted by atomic mass is 9.58. The van der Waals surface area contributed by atoms with Crippen LogP contribution in [0.2, 0.25) is 0 Å². The van der Waals surface area contributed by atoms with Crippen molar-refractivity contribution in [2.45, 2.75) is 89.9 Å². The minimum atomic E-state index is -0.772. The Balaban J connectivity index is 1.48. The van der Waals surface area contributed by atoms with Crippen LogP contribution in [0.3, 0.4) is 0 Å². The molecule has 7 heteroatoms. The SMILES string of the molecule is CCCNCC(O)COC1O[C@@H]2O[C@]3(C)CC[C@H]4[C@H](C)CC[C@@H]([C@H]1C)[C@@]24OO3. The zero-order valence-corrected chi connectivity index (χ0v) is 17.7. The van der Waals surface area contributed by atoms with Crippen molar-refractivity contribution in [2.75, 3.05) is 19.7 Å². The first-order chi connectivity index (χ1) is 13.4. The molecule has 0 aromatic rings. The third kappa shape index (κ3) is 3.53. The number of aliphatic hydroxyl groups is 1. The molecule has 9 atom stereocenters. The largest absolute Gasteiger partial charge is 0.389 e. The van der Waals surface area contributed by atoms with Gasteiger partial charge in [0.25, 0.3) is 0 Å². The molecule has 1 aliphatic carbocycles. The van der Waals surface area contributed by atoms with E-state index in [1.54, 1.807) is 0 Å². The molecule has 0 radical (unpaired) electrons. The van der Waals surface area contributed by atoms with Crippen molar-refractivity contribution < 1.29 is 29.1 Å². The van der Waals surface area contributed by atoms with E-state index in [1.165, 1.54) is 6.42 Å². The van der Waals surface area contributed by atoms with Gasteiger partial charge >= 0.3 is 0 Å². The van der Waals surface area contributed by atoms with Crippen molar-refractivity contribution in [3.05, 3.63) is 0 Å². The van der Waals surface area contributed by atoms with Gasteiger partial charge in [0.05, 0.1) is 12.7 Å². The Morgan fingerprint density at radius 1 is 1.18 bits per heavy atom. The molecule has 7 nitrogen and oxygen atoms in total. The second-order valence-corrected chi connectivity index (χ2v) is 9.46. The van der Waals surface area contributed by atoms with E-state index in [4.69, 9.17) is 24.0 Å². The van der Waals surface area contributed by atoms with Gasteiger partial charge in [-0.05, 0) is 51.0 Å². The highest BCUT2D eigenvalue weighted by Gasteiger charge is 2.69. The maximum atomic E-state index is 10.2. The number of rotatable bonds is 7. The van der Waals surface area contributed by atoms with Crippen molar-refractivity contribution in [1.82, 2.24) is 5.32 Å². The molecule has 0 amide bonds. The van der Waals surface area contributed by atoms with Crippen LogP contribution in [0, 0.1) is 23.7 Å². The fraction of sp³-hybridized carbons (Fsp3) is 1.00. The third-order valence-corrected chi connectivity index (χ3v) is 7.36. The van der Waals surface area contributed by atoms with Crippen LogP contribution in [0.25, 0.3) is 0 Å². The zero-order chi connectivity index (χ0) is 19.9. The van der Waals surface area contributed by atoms with Gasteiger partial charge < -0.3 is 24.6 Å². The monoisotopic (exact) mass is 399 g/mol. The normalized spacial score (nSPS) is 48.8. The fourth-order valence-electron chi connectivity index (χ4n) is 5.77. The maximum Gasteiger partial charge on any atom is 0.201 e. The van der Waals surface area contributed by atoms with Gasteiger partial charge in [0.2, 0.25) is 5.79 Å². The van der Waals surface area contributed by atoms with E-state index >= 15 is 0 Å². The first-order valence-electron chi connectivity index (χ1n) is 11.1. The smallest absolute Gasteiger partial charge is 0.201 e. The molecule has 4 aliphatic heterocycles. The van der Waals surface area contributed by atoms with Crippen molar-refractivity contribution in [3.8, 4) is 0 Å². The summed E-state index contributed by atoms with van der Waals surface area (Å²) in [6.07, 6.45) is 3.62. The molecule has 5 fully saturated rings. The zero-order valence-electron chi connectivity index (χ0n) is 17.7. The second kappa shape index (κ2) is 8.10. The van der Waals surface area contributed by atoms with E-state index in [2.05, 4.69) is 26.1 Å². The van der Waals surface area contributed by atoms with Crippen LogP contribution in [0.15, 0.2) is 0 Å². The molecule has 4 saturated heterocycles. The van der Waals surface area contributed by atoms with Crippen molar-refractivity contribution >= 4 is 0 Å². The number of hydrogen-bond acceptors (Lipinski definition) is 7. The molecule has 1 saturated carbocycles. The first kappa shape index (κ1) is 21.0. The van der Waals surface area contributed by atoms with E-state index < -0.39 is 30.1 Å². The molecule has 4 heterocycles. The van der Waals surface area contributed by atoms with E-state index in [9.17, 15) is 5.11 Å². The Kier molecular flexibility index (Phi) is 6.07. The molecule has 2 unspecified atom stereocenters. The van der Waals surface area contributed by atoms with Crippen molar-refractivity contribution in [3.63, 3.8) is 0 Å².